The van der Waals surface area contributed by atoms with E-state index in [1.165, 1.54) is 0 Å². The first kappa shape index (κ1) is 7.06. The van der Waals surface area contributed by atoms with Gasteiger partial charge in [0.2, 0.25) is 0 Å². The third-order valence-corrected chi connectivity index (χ3v) is 1.71. The van der Waals surface area contributed by atoms with Crippen LogP contribution < -0.4 is 0 Å². The Kier molecular flexibility index (Phi) is 1.90. The van der Waals surface area contributed by atoms with Gasteiger partial charge in [0.05, 0.1) is 0 Å². The molecule has 1 N–H and O–H groups in total. The highest BCUT2D eigenvalue weighted by Gasteiger charge is 2.18. The Hall–Kier alpha value is -1.05. The molecule has 0 saturated carbocycles. The second kappa shape index (κ2) is 2.69. The summed E-state index contributed by atoms with van der Waals surface area (Å²) in [5.74, 6) is -0.658. The molecule has 0 aromatic rings. The molecule has 10 heavy (non-hydrogen) atoms. The van der Waals surface area contributed by atoms with Gasteiger partial charge >= 0.3 is 5.97 Å². The molecule has 2 nitrogen and oxygen atoms in total. The minimum absolute atomic E-state index is 0.137. The van der Waals surface area contributed by atoms with Gasteiger partial charge in [-0.1, -0.05) is 25.2 Å². The van der Waals surface area contributed by atoms with Crippen LogP contribution in [0, 0.1) is 5.92 Å². The van der Waals surface area contributed by atoms with Gasteiger partial charge < -0.3 is 5.11 Å². The summed E-state index contributed by atoms with van der Waals surface area (Å²) < 4.78 is 0. The molecule has 0 aromatic heterocycles. The Labute approximate surface area is 59.9 Å². The van der Waals surface area contributed by atoms with Crippen molar-refractivity contribution in [1.82, 2.24) is 0 Å². The number of rotatable bonds is 2. The molecule has 0 spiro atoms. The molecule has 1 atom stereocenters. The number of aliphatic carboxylic acids is 1. The van der Waals surface area contributed by atoms with Crippen molar-refractivity contribution in [2.45, 2.75) is 13.3 Å². The fraction of sp³-hybridized carbons (Fsp3) is 0.375. The van der Waals surface area contributed by atoms with Gasteiger partial charge in [-0.2, -0.15) is 0 Å². The van der Waals surface area contributed by atoms with Gasteiger partial charge in [-0.25, -0.2) is 4.79 Å². The zero-order valence-corrected chi connectivity index (χ0v) is 5.87. The van der Waals surface area contributed by atoms with E-state index in [-0.39, 0.29) is 5.92 Å². The van der Waals surface area contributed by atoms with Crippen LogP contribution in [0.3, 0.4) is 0 Å². The van der Waals surface area contributed by atoms with Gasteiger partial charge in [0, 0.05) is 11.5 Å². The van der Waals surface area contributed by atoms with Crippen LogP contribution in [0.2, 0.25) is 0 Å². The summed E-state index contributed by atoms with van der Waals surface area (Å²) in [5.41, 5.74) is 0.516. The van der Waals surface area contributed by atoms with Crippen molar-refractivity contribution in [3.05, 3.63) is 23.8 Å². The van der Waals surface area contributed by atoms with E-state index in [4.69, 9.17) is 5.11 Å². The molecule has 0 fully saturated rings. The summed E-state index contributed by atoms with van der Waals surface area (Å²) in [6, 6.07) is 0. The Morgan fingerprint density at radius 3 is 2.90 bits per heavy atom. The van der Waals surface area contributed by atoms with Crippen molar-refractivity contribution < 1.29 is 9.90 Å². The average Bonchev–Trinajstić information content (AvgIpc) is 2.33. The van der Waals surface area contributed by atoms with Crippen molar-refractivity contribution in [1.29, 1.82) is 0 Å². The van der Waals surface area contributed by atoms with Crippen LogP contribution in [0.5, 0.6) is 0 Å². The second-order valence-electron chi connectivity index (χ2n) is 2.33. The van der Waals surface area contributed by atoms with Crippen LogP contribution in [-0.2, 0) is 4.79 Å². The summed E-state index contributed by atoms with van der Waals surface area (Å²) >= 11 is 0. The van der Waals surface area contributed by atoms with E-state index in [0.29, 0.717) is 5.57 Å². The Morgan fingerprint density at radius 2 is 2.50 bits per heavy atom. The monoisotopic (exact) mass is 138 g/mol. The van der Waals surface area contributed by atoms with Crippen molar-refractivity contribution >= 4 is 5.97 Å². The third kappa shape index (κ3) is 1.10. The molecule has 0 radical (unpaired) electrons. The van der Waals surface area contributed by atoms with Crippen LogP contribution in [0.1, 0.15) is 13.3 Å². The van der Waals surface area contributed by atoms with Crippen molar-refractivity contribution in [2.75, 3.05) is 0 Å². The molecule has 54 valence electrons. The number of hydrogen-bond acceptors (Lipinski definition) is 1. The number of allylic oxidation sites excluding steroid dienone is 3. The maximum Gasteiger partial charge on any atom is 0.332 e. The maximum absolute atomic E-state index is 10.5. The van der Waals surface area contributed by atoms with Crippen molar-refractivity contribution in [3.8, 4) is 0 Å². The molecule has 0 aliphatic heterocycles. The molecule has 1 rings (SSSR count). The molecule has 0 heterocycles. The molecule has 0 amide bonds. The highest BCUT2D eigenvalue weighted by atomic mass is 16.4. The molecule has 1 aliphatic rings. The molecule has 1 unspecified atom stereocenters. The minimum Gasteiger partial charge on any atom is -0.478 e. The molecule has 2 heteroatoms. The normalized spacial score (nSPS) is 22.9. The van der Waals surface area contributed by atoms with E-state index in [9.17, 15) is 4.79 Å². The number of hydrogen-bond donors (Lipinski definition) is 1. The first-order valence-corrected chi connectivity index (χ1v) is 3.37. The van der Waals surface area contributed by atoms with Crippen LogP contribution in [0.25, 0.3) is 0 Å². The lowest BCUT2D eigenvalue weighted by molar-refractivity contribution is -0.133. The van der Waals surface area contributed by atoms with Crippen LogP contribution in [0.4, 0.5) is 0 Å². The third-order valence-electron chi connectivity index (χ3n) is 1.71. The van der Waals surface area contributed by atoms with E-state index in [0.717, 1.165) is 6.42 Å². The van der Waals surface area contributed by atoms with E-state index in [2.05, 4.69) is 0 Å². The van der Waals surface area contributed by atoms with Crippen molar-refractivity contribution in [3.63, 3.8) is 0 Å². The topological polar surface area (TPSA) is 37.3 Å². The summed E-state index contributed by atoms with van der Waals surface area (Å²) in [6.45, 7) is 1.98. The number of carboxylic acids is 1. The molecule has 0 saturated heterocycles. The zero-order chi connectivity index (χ0) is 7.56. The Balaban J connectivity index is 2.71. The number of carbonyl (C=O) groups is 1. The smallest absolute Gasteiger partial charge is 0.332 e. The Bertz CT molecular complexity index is 201. The predicted octanol–water partition coefficient (Wildman–Crippen LogP) is 1.59. The van der Waals surface area contributed by atoms with E-state index in [1.807, 2.05) is 13.0 Å². The molecular formula is C8H10O2. The average molecular weight is 138 g/mol. The van der Waals surface area contributed by atoms with Crippen LogP contribution in [0.15, 0.2) is 23.8 Å². The first-order chi connectivity index (χ1) is 4.75. The summed E-state index contributed by atoms with van der Waals surface area (Å²) in [6.07, 6.45) is 6.26. The van der Waals surface area contributed by atoms with Crippen molar-refractivity contribution in [2.24, 2.45) is 5.92 Å². The standard InChI is InChI=1S/C8H10O2/c1-2-6-4-3-5-7(6)8(9)10/h3-6H,2H2,1H3,(H,9,10). The molecule has 0 bridgehead atoms. The van der Waals surface area contributed by atoms with Gasteiger partial charge in [0.25, 0.3) is 0 Å². The quantitative estimate of drug-likeness (QED) is 0.629. The lowest BCUT2D eigenvalue weighted by Crippen LogP contribution is -2.06. The minimum atomic E-state index is -0.795. The zero-order valence-electron chi connectivity index (χ0n) is 5.87. The summed E-state index contributed by atoms with van der Waals surface area (Å²) in [5, 5.41) is 8.61. The highest BCUT2D eigenvalue weighted by Crippen LogP contribution is 2.21. The lowest BCUT2D eigenvalue weighted by atomic mass is 10.0. The van der Waals surface area contributed by atoms with Gasteiger partial charge in [0.15, 0.2) is 0 Å². The van der Waals surface area contributed by atoms with E-state index in [1.54, 1.807) is 12.2 Å². The largest absolute Gasteiger partial charge is 0.478 e. The van der Waals surface area contributed by atoms with Crippen LogP contribution in [-0.4, -0.2) is 11.1 Å². The highest BCUT2D eigenvalue weighted by molar-refractivity contribution is 5.88. The first-order valence-electron chi connectivity index (χ1n) is 3.37. The maximum atomic E-state index is 10.5. The molecule has 0 aromatic carbocycles. The van der Waals surface area contributed by atoms with Gasteiger partial charge in [0.1, 0.15) is 0 Å². The fourth-order valence-electron chi connectivity index (χ4n) is 1.11. The van der Waals surface area contributed by atoms with Crippen LogP contribution >= 0.6 is 0 Å². The summed E-state index contributed by atoms with van der Waals surface area (Å²) in [7, 11) is 0. The fourth-order valence-corrected chi connectivity index (χ4v) is 1.11. The lowest BCUT2D eigenvalue weighted by Gasteiger charge is -2.04. The van der Waals surface area contributed by atoms with Gasteiger partial charge in [-0.15, -0.1) is 0 Å². The van der Waals surface area contributed by atoms with E-state index >= 15 is 0 Å². The van der Waals surface area contributed by atoms with E-state index < -0.39 is 5.97 Å². The Morgan fingerprint density at radius 1 is 1.80 bits per heavy atom. The molecular weight excluding hydrogens is 128 g/mol. The van der Waals surface area contributed by atoms with Gasteiger partial charge in [-0.05, 0) is 6.42 Å². The molecule has 1 aliphatic carbocycles. The second-order valence-corrected chi connectivity index (χ2v) is 2.33. The summed E-state index contributed by atoms with van der Waals surface area (Å²) in [4.78, 5) is 10.5. The van der Waals surface area contributed by atoms with Gasteiger partial charge in [-0.3, -0.25) is 0 Å². The SMILES string of the molecule is CCC1C=CC=C1C(=O)O. The predicted molar refractivity (Wildman–Crippen MR) is 38.6 cm³/mol. The number of carboxylic acid groups (broad SMARTS) is 1.